The average molecular weight is 332 g/mol. The molecule has 2 rings (SSSR count). The van der Waals surface area contributed by atoms with Crippen molar-refractivity contribution in [2.24, 2.45) is 0 Å². The van der Waals surface area contributed by atoms with Gasteiger partial charge in [-0.25, -0.2) is 4.79 Å². The Morgan fingerprint density at radius 1 is 1.43 bits per heavy atom. The molecular weight excluding hydrogens is 313 g/mol. The van der Waals surface area contributed by atoms with Gasteiger partial charge < -0.3 is 20.1 Å². The largest absolute Gasteiger partial charge is 0.497 e. The number of ether oxygens (including phenoxy) is 1. The summed E-state index contributed by atoms with van der Waals surface area (Å²) in [5.41, 5.74) is -0.872. The molecule has 1 aliphatic rings. The van der Waals surface area contributed by atoms with Crippen molar-refractivity contribution < 1.29 is 27.8 Å². The molecule has 23 heavy (non-hydrogen) atoms. The van der Waals surface area contributed by atoms with E-state index >= 15 is 0 Å². The molecule has 0 spiro atoms. The molecule has 2 N–H and O–H groups in total. The van der Waals surface area contributed by atoms with E-state index in [1.807, 2.05) is 0 Å². The molecule has 0 unspecified atom stereocenters. The van der Waals surface area contributed by atoms with Crippen LogP contribution in [0.3, 0.4) is 0 Å². The predicted molar refractivity (Wildman–Crippen MR) is 77.0 cm³/mol. The molecule has 0 bridgehead atoms. The first-order valence-electron chi connectivity index (χ1n) is 7.26. The van der Waals surface area contributed by atoms with Crippen LogP contribution in [-0.2, 0) is 12.7 Å². The number of nitrogens with one attached hydrogen (secondary N) is 1. The lowest BCUT2D eigenvalue weighted by atomic mass is 10.1. The monoisotopic (exact) mass is 332 g/mol. The number of urea groups is 1. The highest BCUT2D eigenvalue weighted by Crippen LogP contribution is 2.34. The van der Waals surface area contributed by atoms with Gasteiger partial charge in [-0.15, -0.1) is 0 Å². The minimum Gasteiger partial charge on any atom is -0.497 e. The first kappa shape index (κ1) is 17.4. The smallest absolute Gasteiger partial charge is 0.416 e. The molecule has 0 aliphatic heterocycles. The molecule has 1 aliphatic carbocycles. The summed E-state index contributed by atoms with van der Waals surface area (Å²) < 4.78 is 44.1. The number of carbonyl (C=O) groups is 1. The Labute approximate surface area is 132 Å². The second kappa shape index (κ2) is 7.08. The molecule has 1 aromatic carbocycles. The summed E-state index contributed by atoms with van der Waals surface area (Å²) in [5, 5.41) is 11.5. The van der Waals surface area contributed by atoms with Gasteiger partial charge in [-0.1, -0.05) is 6.07 Å². The van der Waals surface area contributed by atoms with Gasteiger partial charge in [0, 0.05) is 19.1 Å². The maximum absolute atomic E-state index is 13.1. The van der Waals surface area contributed by atoms with Crippen LogP contribution in [0, 0.1) is 0 Å². The van der Waals surface area contributed by atoms with E-state index in [1.54, 1.807) is 0 Å². The highest BCUT2D eigenvalue weighted by Gasteiger charge is 2.35. The van der Waals surface area contributed by atoms with E-state index in [2.05, 4.69) is 5.32 Å². The Balaban J connectivity index is 2.08. The zero-order valence-corrected chi connectivity index (χ0v) is 12.7. The SMILES string of the molecule is COc1ccc(CNC(=O)N(CCO)C2CC2)c(C(F)(F)F)c1. The van der Waals surface area contributed by atoms with Gasteiger partial charge in [-0.3, -0.25) is 0 Å². The van der Waals surface area contributed by atoms with Gasteiger partial charge in [0.1, 0.15) is 5.75 Å². The molecular formula is C15H19F3N2O3. The Bertz CT molecular complexity index is 559. The Hall–Kier alpha value is -1.96. The predicted octanol–water partition coefficient (Wildman–Crippen LogP) is 2.38. The fraction of sp³-hybridized carbons (Fsp3) is 0.533. The molecule has 8 heteroatoms. The first-order valence-corrected chi connectivity index (χ1v) is 7.26. The number of nitrogens with zero attached hydrogens (tertiary/aromatic N) is 1. The molecule has 0 aromatic heterocycles. The Morgan fingerprint density at radius 2 is 2.13 bits per heavy atom. The number of amides is 2. The fourth-order valence-electron chi connectivity index (χ4n) is 2.32. The summed E-state index contributed by atoms with van der Waals surface area (Å²) in [4.78, 5) is 13.5. The van der Waals surface area contributed by atoms with Gasteiger partial charge in [-0.2, -0.15) is 13.2 Å². The highest BCUT2D eigenvalue weighted by atomic mass is 19.4. The van der Waals surface area contributed by atoms with E-state index in [0.717, 1.165) is 18.9 Å². The van der Waals surface area contributed by atoms with Crippen molar-refractivity contribution in [1.29, 1.82) is 0 Å². The molecule has 0 heterocycles. The number of aliphatic hydroxyl groups excluding tert-OH is 1. The zero-order valence-electron chi connectivity index (χ0n) is 12.7. The minimum absolute atomic E-state index is 0.0357. The van der Waals surface area contributed by atoms with E-state index in [-0.39, 0.29) is 37.1 Å². The summed E-state index contributed by atoms with van der Waals surface area (Å²) >= 11 is 0. The molecule has 0 saturated heterocycles. The van der Waals surface area contributed by atoms with E-state index in [1.165, 1.54) is 24.1 Å². The summed E-state index contributed by atoms with van der Waals surface area (Å²) in [7, 11) is 1.29. The zero-order chi connectivity index (χ0) is 17.0. The lowest BCUT2D eigenvalue weighted by molar-refractivity contribution is -0.138. The van der Waals surface area contributed by atoms with Gasteiger partial charge in [0.25, 0.3) is 0 Å². The lowest BCUT2D eigenvalue weighted by Crippen LogP contribution is -2.42. The number of methoxy groups -OCH3 is 1. The van der Waals surface area contributed by atoms with Gasteiger partial charge in [0.15, 0.2) is 0 Å². The van der Waals surface area contributed by atoms with Crippen molar-refractivity contribution in [2.75, 3.05) is 20.3 Å². The minimum atomic E-state index is -4.53. The van der Waals surface area contributed by atoms with Crippen molar-refractivity contribution in [3.8, 4) is 5.75 Å². The second-order valence-corrected chi connectivity index (χ2v) is 5.33. The third-order valence-corrected chi connectivity index (χ3v) is 3.64. The maximum Gasteiger partial charge on any atom is 0.416 e. The van der Waals surface area contributed by atoms with Gasteiger partial charge in [0.05, 0.1) is 19.3 Å². The fourth-order valence-corrected chi connectivity index (χ4v) is 2.32. The first-order chi connectivity index (χ1) is 10.9. The van der Waals surface area contributed by atoms with Gasteiger partial charge in [-0.05, 0) is 30.5 Å². The number of hydrogen-bond donors (Lipinski definition) is 2. The summed E-state index contributed by atoms with van der Waals surface area (Å²) in [6, 6.07) is 3.22. The summed E-state index contributed by atoms with van der Waals surface area (Å²) in [6.07, 6.45) is -2.83. The number of rotatable bonds is 6. The molecule has 2 amide bonds. The summed E-state index contributed by atoms with van der Waals surface area (Å²) in [6.45, 7) is -0.252. The van der Waals surface area contributed by atoms with Crippen molar-refractivity contribution in [3.05, 3.63) is 29.3 Å². The second-order valence-electron chi connectivity index (χ2n) is 5.33. The molecule has 0 radical (unpaired) electrons. The number of benzene rings is 1. The van der Waals surface area contributed by atoms with E-state index in [9.17, 15) is 18.0 Å². The van der Waals surface area contributed by atoms with Crippen LogP contribution in [0.5, 0.6) is 5.75 Å². The van der Waals surface area contributed by atoms with Crippen molar-refractivity contribution in [1.82, 2.24) is 10.2 Å². The Morgan fingerprint density at radius 3 is 2.65 bits per heavy atom. The van der Waals surface area contributed by atoms with Crippen LogP contribution in [0.4, 0.5) is 18.0 Å². The quantitative estimate of drug-likeness (QED) is 0.841. The van der Waals surface area contributed by atoms with E-state index in [0.29, 0.717) is 0 Å². The molecule has 5 nitrogen and oxygen atoms in total. The maximum atomic E-state index is 13.1. The Kier molecular flexibility index (Phi) is 5.35. The van der Waals surface area contributed by atoms with Crippen LogP contribution < -0.4 is 10.1 Å². The molecule has 0 atom stereocenters. The van der Waals surface area contributed by atoms with E-state index < -0.39 is 17.8 Å². The highest BCUT2D eigenvalue weighted by molar-refractivity contribution is 5.75. The van der Waals surface area contributed by atoms with Crippen molar-refractivity contribution in [2.45, 2.75) is 31.6 Å². The molecule has 1 fully saturated rings. The standard InChI is InChI=1S/C15H19F3N2O3/c1-23-12-5-2-10(13(8-12)15(16,17)18)9-19-14(22)20(6-7-21)11-3-4-11/h2,5,8,11,21H,3-4,6-7,9H2,1H3,(H,19,22). The van der Waals surface area contributed by atoms with Crippen LogP contribution in [0.25, 0.3) is 0 Å². The van der Waals surface area contributed by atoms with Crippen LogP contribution >= 0.6 is 0 Å². The van der Waals surface area contributed by atoms with E-state index in [4.69, 9.17) is 9.84 Å². The van der Waals surface area contributed by atoms with Gasteiger partial charge >= 0.3 is 12.2 Å². The van der Waals surface area contributed by atoms with Gasteiger partial charge in [0.2, 0.25) is 0 Å². The number of hydrogen-bond acceptors (Lipinski definition) is 3. The van der Waals surface area contributed by atoms with Crippen molar-refractivity contribution in [3.63, 3.8) is 0 Å². The molecule has 128 valence electrons. The van der Waals surface area contributed by atoms with Crippen molar-refractivity contribution >= 4 is 6.03 Å². The third kappa shape index (κ3) is 4.51. The van der Waals surface area contributed by atoms with Crippen LogP contribution in [-0.4, -0.2) is 42.3 Å². The van der Waals surface area contributed by atoms with Crippen LogP contribution in [0.2, 0.25) is 0 Å². The summed E-state index contributed by atoms with van der Waals surface area (Å²) in [5.74, 6) is 0.104. The lowest BCUT2D eigenvalue weighted by Gasteiger charge is -2.22. The number of carbonyl (C=O) groups excluding carboxylic acids is 1. The number of alkyl halides is 3. The average Bonchev–Trinajstić information content (AvgIpc) is 3.33. The number of aliphatic hydroxyl groups is 1. The third-order valence-electron chi connectivity index (χ3n) is 3.64. The topological polar surface area (TPSA) is 61.8 Å². The van der Waals surface area contributed by atoms with Crippen LogP contribution in [0.15, 0.2) is 18.2 Å². The number of halogens is 3. The normalized spacial score (nSPS) is 14.5. The molecule has 1 aromatic rings. The van der Waals surface area contributed by atoms with Crippen LogP contribution in [0.1, 0.15) is 24.0 Å². The molecule has 1 saturated carbocycles.